The van der Waals surface area contributed by atoms with Gasteiger partial charge in [-0.25, -0.2) is 0 Å². The van der Waals surface area contributed by atoms with Gasteiger partial charge < -0.3 is 19.3 Å². The Kier molecular flexibility index (Phi) is 6.01. The first kappa shape index (κ1) is 20.8. The van der Waals surface area contributed by atoms with E-state index in [1.807, 2.05) is 32.0 Å². The summed E-state index contributed by atoms with van der Waals surface area (Å²) >= 11 is 0. The van der Waals surface area contributed by atoms with E-state index in [1.165, 1.54) is 25.3 Å². The fourth-order valence-corrected chi connectivity index (χ4v) is 2.99. The third-order valence-corrected chi connectivity index (χ3v) is 4.43. The van der Waals surface area contributed by atoms with Gasteiger partial charge in [0.1, 0.15) is 29.6 Å². The number of rotatable bonds is 7. The van der Waals surface area contributed by atoms with Crippen molar-refractivity contribution in [2.24, 2.45) is 0 Å². The second-order valence-corrected chi connectivity index (χ2v) is 6.77. The summed E-state index contributed by atoms with van der Waals surface area (Å²) in [5, 5.41) is 17.7. The smallest absolute Gasteiger partial charge is 0.296 e. The molecule has 1 amide bonds. The summed E-state index contributed by atoms with van der Waals surface area (Å²) in [6.45, 7) is 5.65. The molecule has 0 aliphatic carbocycles. The predicted molar refractivity (Wildman–Crippen MR) is 109 cm³/mol. The Labute approximate surface area is 172 Å². The molecule has 9 heteroatoms. The highest BCUT2D eigenvalue weighted by Crippen LogP contribution is 2.30. The summed E-state index contributed by atoms with van der Waals surface area (Å²) in [5.41, 5.74) is 2.29. The fraction of sp³-hybridized carbons (Fsp3) is 0.238. The van der Waals surface area contributed by atoms with Gasteiger partial charge in [-0.05, 0) is 56.2 Å². The highest BCUT2D eigenvalue weighted by Gasteiger charge is 2.24. The monoisotopic (exact) mass is 411 g/mol. The maximum Gasteiger partial charge on any atom is 0.296 e. The number of hydrogen-bond donors (Lipinski definition) is 1. The number of aryl methyl sites for hydroxylation is 3. The number of nitrogens with zero attached hydrogens (tertiary/aromatic N) is 2. The molecule has 0 atom stereocenters. The van der Waals surface area contributed by atoms with Crippen molar-refractivity contribution in [3.8, 4) is 11.5 Å². The summed E-state index contributed by atoms with van der Waals surface area (Å²) in [7, 11) is 1.40. The second-order valence-electron chi connectivity index (χ2n) is 6.77. The van der Waals surface area contributed by atoms with Crippen LogP contribution < -0.4 is 14.8 Å². The highest BCUT2D eigenvalue weighted by atomic mass is 16.6. The number of hydrogen-bond acceptors (Lipinski definition) is 7. The summed E-state index contributed by atoms with van der Waals surface area (Å²) in [5.74, 6) is 0.748. The molecule has 3 rings (SSSR count). The Balaban J connectivity index is 1.82. The molecule has 1 aromatic heterocycles. The molecule has 30 heavy (non-hydrogen) atoms. The number of carbonyl (C=O) groups is 1. The number of nitro benzene ring substituents is 1. The van der Waals surface area contributed by atoms with Crippen LogP contribution in [-0.2, 0) is 6.61 Å². The molecule has 0 aliphatic heterocycles. The average Bonchev–Trinajstić information content (AvgIpc) is 3.06. The van der Waals surface area contributed by atoms with Gasteiger partial charge in [0, 0.05) is 0 Å². The number of carbonyl (C=O) groups excluding carboxylic acids is 1. The number of ether oxygens (including phenoxy) is 2. The van der Waals surface area contributed by atoms with E-state index < -0.39 is 10.8 Å². The quantitative estimate of drug-likeness (QED) is 0.454. The van der Waals surface area contributed by atoms with Crippen LogP contribution >= 0.6 is 0 Å². The number of nitrogens with one attached hydrogen (secondary N) is 1. The van der Waals surface area contributed by atoms with Crippen molar-refractivity contribution in [1.29, 1.82) is 0 Å². The molecule has 2 aromatic carbocycles. The first-order chi connectivity index (χ1) is 14.3. The first-order valence-corrected chi connectivity index (χ1v) is 9.08. The van der Waals surface area contributed by atoms with E-state index in [9.17, 15) is 14.9 Å². The van der Waals surface area contributed by atoms with Crippen LogP contribution in [0.3, 0.4) is 0 Å². The van der Waals surface area contributed by atoms with Crippen molar-refractivity contribution in [1.82, 2.24) is 5.16 Å². The molecule has 0 saturated carbocycles. The van der Waals surface area contributed by atoms with E-state index in [2.05, 4.69) is 10.5 Å². The van der Waals surface area contributed by atoms with Gasteiger partial charge in [-0.1, -0.05) is 11.2 Å². The van der Waals surface area contributed by atoms with Gasteiger partial charge in [0.15, 0.2) is 5.69 Å². The topological polar surface area (TPSA) is 117 Å². The number of nitro groups is 1. The van der Waals surface area contributed by atoms with Crippen molar-refractivity contribution >= 4 is 17.3 Å². The van der Waals surface area contributed by atoms with Gasteiger partial charge in [-0.2, -0.15) is 0 Å². The summed E-state index contributed by atoms with van der Waals surface area (Å²) in [6.07, 6.45) is 0. The number of methoxy groups -OCH3 is 1. The largest absolute Gasteiger partial charge is 0.496 e. The molecule has 3 aromatic rings. The SMILES string of the molecule is COc1ccc(NC(=O)c2noc(C)c2COc2cc(C)cc(C)c2)c([N+](=O)[O-])c1. The van der Waals surface area contributed by atoms with Crippen molar-refractivity contribution in [3.05, 3.63) is 74.7 Å². The van der Waals surface area contributed by atoms with Crippen LogP contribution in [0.5, 0.6) is 11.5 Å². The second kappa shape index (κ2) is 8.64. The molecule has 1 N–H and O–H groups in total. The van der Waals surface area contributed by atoms with Gasteiger partial charge in [0.05, 0.1) is 23.7 Å². The fourth-order valence-electron chi connectivity index (χ4n) is 2.99. The molecule has 0 spiro atoms. The zero-order valence-corrected chi connectivity index (χ0v) is 17.0. The lowest BCUT2D eigenvalue weighted by Crippen LogP contribution is -2.16. The number of amides is 1. The van der Waals surface area contributed by atoms with Crippen LogP contribution in [0.1, 0.15) is 32.9 Å². The van der Waals surface area contributed by atoms with E-state index in [1.54, 1.807) is 6.92 Å². The predicted octanol–water partition coefficient (Wildman–Crippen LogP) is 4.35. The van der Waals surface area contributed by atoms with Crippen LogP contribution in [-0.4, -0.2) is 23.1 Å². The summed E-state index contributed by atoms with van der Waals surface area (Å²) < 4.78 is 16.0. The van der Waals surface area contributed by atoms with E-state index >= 15 is 0 Å². The summed E-state index contributed by atoms with van der Waals surface area (Å²) in [6, 6.07) is 9.94. The van der Waals surface area contributed by atoms with Crippen LogP contribution in [0.2, 0.25) is 0 Å². The molecule has 9 nitrogen and oxygen atoms in total. The Morgan fingerprint density at radius 1 is 1.13 bits per heavy atom. The zero-order chi connectivity index (χ0) is 21.8. The maximum atomic E-state index is 12.8. The van der Waals surface area contributed by atoms with Crippen molar-refractivity contribution in [2.45, 2.75) is 27.4 Å². The molecule has 156 valence electrons. The van der Waals surface area contributed by atoms with Gasteiger partial charge >= 0.3 is 0 Å². The molecule has 0 bridgehead atoms. The minimum Gasteiger partial charge on any atom is -0.496 e. The average molecular weight is 411 g/mol. The number of anilines is 1. The maximum absolute atomic E-state index is 12.8. The summed E-state index contributed by atoms with van der Waals surface area (Å²) in [4.78, 5) is 23.5. The first-order valence-electron chi connectivity index (χ1n) is 9.08. The van der Waals surface area contributed by atoms with Gasteiger partial charge in [0.2, 0.25) is 0 Å². The molecule has 0 radical (unpaired) electrons. The minimum atomic E-state index is -0.640. The van der Waals surface area contributed by atoms with E-state index in [0.29, 0.717) is 22.8 Å². The Morgan fingerprint density at radius 3 is 2.47 bits per heavy atom. The molecule has 0 saturated heterocycles. The minimum absolute atomic E-state index is 0.00184. The van der Waals surface area contributed by atoms with E-state index in [0.717, 1.165) is 11.1 Å². The Hall–Kier alpha value is -3.88. The zero-order valence-electron chi connectivity index (χ0n) is 17.0. The Morgan fingerprint density at radius 2 is 1.83 bits per heavy atom. The third kappa shape index (κ3) is 4.57. The standard InChI is InChI=1S/C21H21N3O6/c1-12-7-13(2)9-16(8-12)29-11-17-14(3)30-23-20(17)21(25)22-18-6-5-15(28-4)10-19(18)24(26)27/h5-10H,11H2,1-4H3,(H,22,25). The highest BCUT2D eigenvalue weighted by molar-refractivity contribution is 6.05. The molecular weight excluding hydrogens is 390 g/mol. The lowest BCUT2D eigenvalue weighted by atomic mass is 10.1. The molecule has 0 fully saturated rings. The van der Waals surface area contributed by atoms with Gasteiger partial charge in [0.25, 0.3) is 11.6 Å². The van der Waals surface area contributed by atoms with Crippen LogP contribution in [0.15, 0.2) is 40.9 Å². The number of aromatic nitrogens is 1. The van der Waals surface area contributed by atoms with Gasteiger partial charge in [-0.3, -0.25) is 14.9 Å². The van der Waals surface area contributed by atoms with Crippen molar-refractivity contribution < 1.29 is 23.7 Å². The molecule has 0 unspecified atom stereocenters. The van der Waals surface area contributed by atoms with E-state index in [4.69, 9.17) is 14.0 Å². The molecule has 0 aliphatic rings. The van der Waals surface area contributed by atoms with Crippen molar-refractivity contribution in [3.63, 3.8) is 0 Å². The van der Waals surface area contributed by atoms with Crippen LogP contribution in [0.25, 0.3) is 0 Å². The molecule has 1 heterocycles. The molecular formula is C21H21N3O6. The lowest BCUT2D eigenvalue weighted by molar-refractivity contribution is -0.384. The normalized spacial score (nSPS) is 10.5. The number of benzene rings is 2. The van der Waals surface area contributed by atoms with Crippen LogP contribution in [0.4, 0.5) is 11.4 Å². The van der Waals surface area contributed by atoms with Gasteiger partial charge in [-0.15, -0.1) is 0 Å². The Bertz CT molecular complexity index is 1090. The lowest BCUT2D eigenvalue weighted by Gasteiger charge is -2.09. The van der Waals surface area contributed by atoms with Crippen LogP contribution in [0, 0.1) is 30.9 Å². The van der Waals surface area contributed by atoms with Crippen molar-refractivity contribution in [2.75, 3.05) is 12.4 Å². The third-order valence-electron chi connectivity index (χ3n) is 4.43. The van der Waals surface area contributed by atoms with E-state index in [-0.39, 0.29) is 23.7 Å².